The Bertz CT molecular complexity index is 1220. The number of aromatic nitrogens is 5. The lowest BCUT2D eigenvalue weighted by Crippen LogP contribution is -2.13. The number of oxazole rings is 1. The molecule has 1 N–H and O–H groups in total. The third-order valence-electron chi connectivity index (χ3n) is 4.98. The van der Waals surface area contributed by atoms with Crippen molar-refractivity contribution >= 4 is 28.5 Å². The molecule has 3 heterocycles. The molecule has 0 saturated carbocycles. The first kappa shape index (κ1) is 20.4. The van der Waals surface area contributed by atoms with E-state index in [-0.39, 0.29) is 11.7 Å². The molecule has 0 bridgehead atoms. The number of nitrogens with zero attached hydrogens (tertiary/aromatic N) is 4. The average Bonchev–Trinajstić information content (AvgIpc) is 3.26. The number of H-pyrrole nitrogens is 1. The maximum Gasteiger partial charge on any atom is 0.279 e. The maximum absolute atomic E-state index is 12.1. The number of methoxy groups -OCH3 is 2. The zero-order valence-corrected chi connectivity index (χ0v) is 18.3. The predicted octanol–water partition coefficient (Wildman–Crippen LogP) is 2.89. The number of aryl methyl sites for hydroxylation is 3. The van der Waals surface area contributed by atoms with Gasteiger partial charge in [0, 0.05) is 26.3 Å². The summed E-state index contributed by atoms with van der Waals surface area (Å²) in [5, 5.41) is 0.690. The molecule has 4 rings (SSSR count). The van der Waals surface area contributed by atoms with Crippen LogP contribution in [0.5, 0.6) is 0 Å². The lowest BCUT2D eigenvalue weighted by atomic mass is 10.0. The summed E-state index contributed by atoms with van der Waals surface area (Å²) in [5.41, 5.74) is 2.28. The molecule has 10 heteroatoms. The first-order chi connectivity index (χ1) is 14.4. The quantitative estimate of drug-likeness (QED) is 0.596. The van der Waals surface area contributed by atoms with Gasteiger partial charge >= 0.3 is 0 Å². The summed E-state index contributed by atoms with van der Waals surface area (Å²) in [6.45, 7) is 3.63. The fourth-order valence-corrected chi connectivity index (χ4v) is 4.27. The van der Waals surface area contributed by atoms with E-state index < -0.39 is 0 Å². The second kappa shape index (κ2) is 8.11. The molecule has 0 spiro atoms. The fraction of sp³-hybridized carbons (Fsp3) is 0.400. The number of imidazole rings is 1. The van der Waals surface area contributed by atoms with Crippen molar-refractivity contribution in [2.45, 2.75) is 37.3 Å². The molecular weight excluding hydrogens is 406 g/mol. The molecule has 0 aliphatic heterocycles. The Labute approximate surface area is 177 Å². The number of thioether (sulfide) groups is 1. The van der Waals surface area contributed by atoms with Crippen molar-refractivity contribution in [2.75, 3.05) is 14.2 Å². The number of aromatic amines is 1. The van der Waals surface area contributed by atoms with Crippen LogP contribution in [0.2, 0.25) is 0 Å². The lowest BCUT2D eigenvalue weighted by molar-refractivity contribution is 0.122. The van der Waals surface area contributed by atoms with Crippen molar-refractivity contribution in [1.82, 2.24) is 24.5 Å². The SMILES string of the molecule is COC1=C(c2nc(CSc3nc4c(=O)[nH]c(C)nc4n3C)c(C)o2)C=CC(OC)C1. The minimum absolute atomic E-state index is 0.0206. The number of nitrogens with one attached hydrogen (secondary N) is 1. The third-order valence-corrected chi connectivity index (χ3v) is 6.02. The van der Waals surface area contributed by atoms with E-state index in [4.69, 9.17) is 13.9 Å². The molecule has 1 aliphatic rings. The topological polar surface area (TPSA) is 108 Å². The van der Waals surface area contributed by atoms with E-state index in [1.54, 1.807) is 21.1 Å². The summed E-state index contributed by atoms with van der Waals surface area (Å²) < 4.78 is 18.6. The third kappa shape index (κ3) is 3.68. The van der Waals surface area contributed by atoms with Crippen molar-refractivity contribution < 1.29 is 13.9 Å². The van der Waals surface area contributed by atoms with Crippen LogP contribution in [0.1, 0.15) is 29.6 Å². The van der Waals surface area contributed by atoms with Crippen LogP contribution in [0, 0.1) is 13.8 Å². The highest BCUT2D eigenvalue weighted by Crippen LogP contribution is 2.31. The molecule has 0 saturated heterocycles. The van der Waals surface area contributed by atoms with Crippen molar-refractivity contribution in [2.24, 2.45) is 7.05 Å². The Morgan fingerprint density at radius 3 is 2.83 bits per heavy atom. The molecule has 0 fully saturated rings. The zero-order valence-electron chi connectivity index (χ0n) is 17.5. The minimum atomic E-state index is -0.239. The van der Waals surface area contributed by atoms with E-state index >= 15 is 0 Å². The monoisotopic (exact) mass is 429 g/mol. The summed E-state index contributed by atoms with van der Waals surface area (Å²) in [6, 6.07) is 0. The molecule has 1 aliphatic carbocycles. The van der Waals surface area contributed by atoms with Gasteiger partial charge in [0.15, 0.2) is 16.3 Å². The van der Waals surface area contributed by atoms with Crippen LogP contribution in [-0.4, -0.2) is 44.8 Å². The smallest absolute Gasteiger partial charge is 0.279 e. The first-order valence-corrected chi connectivity index (χ1v) is 10.4. The Morgan fingerprint density at radius 2 is 2.10 bits per heavy atom. The number of rotatable bonds is 6. The molecule has 1 atom stereocenters. The average molecular weight is 430 g/mol. The Balaban J connectivity index is 1.58. The number of ether oxygens (including phenoxy) is 2. The maximum atomic E-state index is 12.1. The second-order valence-corrected chi connectivity index (χ2v) is 7.91. The van der Waals surface area contributed by atoms with Crippen LogP contribution in [0.3, 0.4) is 0 Å². The number of allylic oxidation sites excluding steroid dienone is 2. The van der Waals surface area contributed by atoms with Gasteiger partial charge in [-0.2, -0.15) is 0 Å². The van der Waals surface area contributed by atoms with Gasteiger partial charge in [-0.3, -0.25) is 4.79 Å². The largest absolute Gasteiger partial charge is 0.500 e. The first-order valence-electron chi connectivity index (χ1n) is 9.42. The van der Waals surface area contributed by atoms with Gasteiger partial charge in [0.25, 0.3) is 5.56 Å². The normalized spacial score (nSPS) is 16.6. The van der Waals surface area contributed by atoms with E-state index in [2.05, 4.69) is 19.9 Å². The fourth-order valence-electron chi connectivity index (χ4n) is 3.30. The van der Waals surface area contributed by atoms with Gasteiger partial charge in [0.2, 0.25) is 5.89 Å². The summed E-state index contributed by atoms with van der Waals surface area (Å²) in [5.74, 6) is 3.13. The van der Waals surface area contributed by atoms with Gasteiger partial charge < -0.3 is 23.4 Å². The standard InChI is InChI=1S/C20H23N5O4S/c1-10-14(23-19(29-10)13-7-6-12(27-4)8-15(13)28-5)9-30-20-24-16-17(25(20)3)21-11(2)22-18(16)26/h6-7,12H,8-9H2,1-5H3,(H,21,22,26). The van der Waals surface area contributed by atoms with Gasteiger partial charge in [0.05, 0.1) is 24.5 Å². The highest BCUT2D eigenvalue weighted by atomic mass is 32.2. The number of hydrogen-bond acceptors (Lipinski definition) is 8. The Kier molecular flexibility index (Phi) is 5.52. The molecule has 0 amide bonds. The van der Waals surface area contributed by atoms with Crippen LogP contribution in [-0.2, 0) is 22.3 Å². The van der Waals surface area contributed by atoms with Crippen molar-refractivity contribution in [3.05, 3.63) is 51.4 Å². The summed E-state index contributed by atoms with van der Waals surface area (Å²) in [6.07, 6.45) is 4.50. The van der Waals surface area contributed by atoms with Crippen molar-refractivity contribution in [1.29, 1.82) is 0 Å². The Hall–Kier alpha value is -2.85. The van der Waals surface area contributed by atoms with Gasteiger partial charge in [-0.05, 0) is 19.9 Å². The zero-order chi connectivity index (χ0) is 21.4. The highest BCUT2D eigenvalue weighted by molar-refractivity contribution is 7.98. The molecule has 30 heavy (non-hydrogen) atoms. The molecule has 1 unspecified atom stereocenters. The van der Waals surface area contributed by atoms with E-state index in [0.29, 0.717) is 40.2 Å². The van der Waals surface area contributed by atoms with Crippen molar-refractivity contribution in [3.8, 4) is 0 Å². The second-order valence-electron chi connectivity index (χ2n) is 6.97. The van der Waals surface area contributed by atoms with E-state index in [1.165, 1.54) is 11.8 Å². The van der Waals surface area contributed by atoms with Gasteiger partial charge in [-0.25, -0.2) is 15.0 Å². The van der Waals surface area contributed by atoms with E-state index in [9.17, 15) is 4.79 Å². The van der Waals surface area contributed by atoms with Gasteiger partial charge in [-0.15, -0.1) is 0 Å². The molecule has 9 nitrogen and oxygen atoms in total. The van der Waals surface area contributed by atoms with Crippen LogP contribution < -0.4 is 5.56 Å². The molecule has 0 aromatic carbocycles. The summed E-state index contributed by atoms with van der Waals surface area (Å²) in [7, 11) is 5.15. The van der Waals surface area contributed by atoms with Crippen LogP contribution in [0.15, 0.2) is 32.3 Å². The number of fused-ring (bicyclic) bond motifs is 1. The van der Waals surface area contributed by atoms with Crippen molar-refractivity contribution in [3.63, 3.8) is 0 Å². The molecule has 3 aromatic rings. The summed E-state index contributed by atoms with van der Waals surface area (Å²) >= 11 is 1.48. The van der Waals surface area contributed by atoms with Gasteiger partial charge in [0.1, 0.15) is 17.3 Å². The minimum Gasteiger partial charge on any atom is -0.500 e. The van der Waals surface area contributed by atoms with Crippen LogP contribution in [0.25, 0.3) is 16.7 Å². The lowest BCUT2D eigenvalue weighted by Gasteiger charge is -2.19. The molecular formula is C20H23N5O4S. The molecule has 158 valence electrons. The van der Waals surface area contributed by atoms with Crippen LogP contribution >= 0.6 is 11.8 Å². The highest BCUT2D eigenvalue weighted by Gasteiger charge is 2.23. The van der Waals surface area contributed by atoms with Crippen LogP contribution in [0.4, 0.5) is 0 Å². The molecule has 3 aromatic heterocycles. The predicted molar refractivity (Wildman–Crippen MR) is 113 cm³/mol. The van der Waals surface area contributed by atoms with E-state index in [0.717, 1.165) is 22.8 Å². The van der Waals surface area contributed by atoms with Gasteiger partial charge in [-0.1, -0.05) is 17.8 Å². The summed E-state index contributed by atoms with van der Waals surface area (Å²) in [4.78, 5) is 28.3. The van der Waals surface area contributed by atoms with E-state index in [1.807, 2.05) is 30.7 Å². The molecule has 0 radical (unpaired) electrons. The Morgan fingerprint density at radius 1 is 1.30 bits per heavy atom. The number of hydrogen-bond donors (Lipinski definition) is 1.